The molecule has 0 bridgehead atoms. The highest BCUT2D eigenvalue weighted by Crippen LogP contribution is 2.49. The Balaban J connectivity index is 1.45. The van der Waals surface area contributed by atoms with Gasteiger partial charge in [-0.1, -0.05) is 24.3 Å². The largest absolute Gasteiger partial charge is 0.496 e. The van der Waals surface area contributed by atoms with Gasteiger partial charge in [0, 0.05) is 24.9 Å². The molecule has 0 unspecified atom stereocenters. The van der Waals surface area contributed by atoms with E-state index in [0.717, 1.165) is 48.4 Å². The molecule has 2 aliphatic rings. The fourth-order valence-electron chi connectivity index (χ4n) is 4.75. The number of halogens is 1. The van der Waals surface area contributed by atoms with Crippen LogP contribution < -0.4 is 9.64 Å². The Morgan fingerprint density at radius 1 is 1.18 bits per heavy atom. The van der Waals surface area contributed by atoms with Crippen molar-refractivity contribution in [3.8, 4) is 5.75 Å². The van der Waals surface area contributed by atoms with E-state index in [-0.39, 0.29) is 12.2 Å². The molecule has 2 fully saturated rings. The van der Waals surface area contributed by atoms with Crippen LogP contribution in [0.4, 0.5) is 10.2 Å². The molecule has 3 aromatic rings. The van der Waals surface area contributed by atoms with Crippen molar-refractivity contribution < 1.29 is 19.0 Å². The van der Waals surface area contributed by atoms with Gasteiger partial charge in [0.05, 0.1) is 12.6 Å². The van der Waals surface area contributed by atoms with Crippen molar-refractivity contribution in [2.24, 2.45) is 0 Å². The molecule has 0 atom stereocenters. The fourth-order valence-corrected chi connectivity index (χ4v) is 4.75. The number of carboxylic acid groups (broad SMARTS) is 1. The Bertz CT molecular complexity index is 1190. The maximum absolute atomic E-state index is 14.9. The van der Waals surface area contributed by atoms with Gasteiger partial charge in [-0.05, 0) is 67.3 Å². The molecule has 1 saturated carbocycles. The number of aryl methyl sites for hydroxylation is 1. The number of carboxylic acids is 1. The highest BCUT2D eigenvalue weighted by Gasteiger charge is 2.48. The molecule has 33 heavy (non-hydrogen) atoms. The summed E-state index contributed by atoms with van der Waals surface area (Å²) in [6, 6.07) is 13.9. The van der Waals surface area contributed by atoms with Gasteiger partial charge in [-0.3, -0.25) is 4.79 Å². The first-order valence-corrected chi connectivity index (χ1v) is 11.6. The fraction of sp³-hybridized carbons (Fsp3) is 0.423. The topological polar surface area (TPSA) is 75.5 Å². The molecule has 0 radical (unpaired) electrons. The Morgan fingerprint density at radius 2 is 1.94 bits per heavy atom. The number of fused-ring (bicyclic) bond motifs is 1. The maximum atomic E-state index is 14.9. The average Bonchev–Trinajstić information content (AvgIpc) is 3.60. The minimum absolute atomic E-state index is 0.0671. The van der Waals surface area contributed by atoms with Crippen LogP contribution in [0.1, 0.15) is 55.0 Å². The van der Waals surface area contributed by atoms with E-state index in [1.54, 1.807) is 7.11 Å². The number of methoxy groups -OCH3 is 1. The minimum atomic E-state index is -1.42. The predicted molar refractivity (Wildman–Crippen MR) is 125 cm³/mol. The van der Waals surface area contributed by atoms with E-state index in [1.807, 2.05) is 36.4 Å². The number of hydrogen-bond acceptors (Lipinski definition) is 5. The Labute approximate surface area is 192 Å². The molecular formula is C26H28FN3O3. The van der Waals surface area contributed by atoms with Gasteiger partial charge in [0.15, 0.2) is 11.5 Å². The number of aliphatic carboxylic acids is 1. The summed E-state index contributed by atoms with van der Waals surface area (Å²) in [7, 11) is 1.70. The van der Waals surface area contributed by atoms with Crippen molar-refractivity contribution in [1.29, 1.82) is 0 Å². The highest BCUT2D eigenvalue weighted by molar-refractivity contribution is 5.90. The number of alkyl halides is 1. The third kappa shape index (κ3) is 4.36. The average molecular weight is 450 g/mol. The second-order valence-corrected chi connectivity index (χ2v) is 9.08. The van der Waals surface area contributed by atoms with E-state index in [9.17, 15) is 9.18 Å². The van der Waals surface area contributed by atoms with Crippen LogP contribution in [0.15, 0.2) is 42.5 Å². The van der Waals surface area contributed by atoms with Gasteiger partial charge in [-0.15, -0.1) is 0 Å². The zero-order valence-corrected chi connectivity index (χ0v) is 18.8. The Morgan fingerprint density at radius 3 is 2.64 bits per heavy atom. The summed E-state index contributed by atoms with van der Waals surface area (Å²) in [6.45, 7) is 1.60. The van der Waals surface area contributed by atoms with E-state index in [1.165, 1.54) is 5.56 Å². The van der Waals surface area contributed by atoms with Gasteiger partial charge in [-0.2, -0.15) is 0 Å². The van der Waals surface area contributed by atoms with Gasteiger partial charge in [-0.25, -0.2) is 14.4 Å². The SMILES string of the molecule is COc1ccccc1C1CCN(c2nc(C3(F)CC3)nc3ccc(CCC(=O)O)cc23)CC1. The predicted octanol–water partition coefficient (Wildman–Crippen LogP) is 5.00. The molecular weight excluding hydrogens is 421 g/mol. The summed E-state index contributed by atoms with van der Waals surface area (Å²) in [5, 5.41) is 9.91. The molecule has 2 aromatic carbocycles. The lowest BCUT2D eigenvalue weighted by atomic mass is 9.88. The number of anilines is 1. The van der Waals surface area contributed by atoms with Crippen LogP contribution in [0.3, 0.4) is 0 Å². The molecule has 1 aliphatic heterocycles. The smallest absolute Gasteiger partial charge is 0.303 e. The van der Waals surface area contributed by atoms with Crippen LogP contribution in [0.5, 0.6) is 5.75 Å². The molecule has 0 amide bonds. The zero-order valence-electron chi connectivity index (χ0n) is 18.8. The maximum Gasteiger partial charge on any atom is 0.303 e. The van der Waals surface area contributed by atoms with Crippen molar-refractivity contribution in [3.05, 3.63) is 59.4 Å². The number of benzene rings is 2. The standard InChI is InChI=1S/C26H28FN3O3/c1-33-22-5-3-2-4-19(22)18-10-14-30(15-11-18)24-20-16-17(7-9-23(31)32)6-8-21(20)28-25(29-24)26(27)12-13-26/h2-6,8,16,18H,7,9-15H2,1H3,(H,31,32). The molecule has 2 heterocycles. The summed E-state index contributed by atoms with van der Waals surface area (Å²) in [4.78, 5) is 22.5. The molecule has 1 aromatic heterocycles. The Hall–Kier alpha value is -3.22. The van der Waals surface area contributed by atoms with E-state index in [0.29, 0.717) is 30.7 Å². The Kier molecular flexibility index (Phi) is 5.64. The lowest BCUT2D eigenvalue weighted by Gasteiger charge is -2.34. The van der Waals surface area contributed by atoms with Crippen LogP contribution in [0.2, 0.25) is 0 Å². The molecule has 7 heteroatoms. The van der Waals surface area contributed by atoms with Crippen molar-refractivity contribution in [3.63, 3.8) is 0 Å². The first-order chi connectivity index (χ1) is 16.0. The minimum Gasteiger partial charge on any atom is -0.496 e. The van der Waals surface area contributed by atoms with Crippen LogP contribution in [0.25, 0.3) is 10.9 Å². The first kappa shape index (κ1) is 21.6. The summed E-state index contributed by atoms with van der Waals surface area (Å²) >= 11 is 0. The first-order valence-electron chi connectivity index (χ1n) is 11.6. The number of rotatable bonds is 7. The second kappa shape index (κ2) is 8.61. The van der Waals surface area contributed by atoms with Crippen LogP contribution in [-0.4, -0.2) is 41.2 Å². The summed E-state index contributed by atoms with van der Waals surface area (Å²) < 4.78 is 20.5. The highest BCUT2D eigenvalue weighted by atomic mass is 19.1. The van der Waals surface area contributed by atoms with Crippen molar-refractivity contribution in [2.75, 3.05) is 25.1 Å². The van der Waals surface area contributed by atoms with E-state index in [2.05, 4.69) is 16.0 Å². The van der Waals surface area contributed by atoms with Gasteiger partial charge in [0.25, 0.3) is 0 Å². The number of para-hydroxylation sites is 1. The van der Waals surface area contributed by atoms with Crippen molar-refractivity contribution in [2.45, 2.75) is 50.1 Å². The molecule has 1 aliphatic carbocycles. The summed E-state index contributed by atoms with van der Waals surface area (Å²) in [5.74, 6) is 1.52. The third-order valence-corrected chi connectivity index (χ3v) is 6.83. The van der Waals surface area contributed by atoms with E-state index < -0.39 is 11.6 Å². The molecule has 1 N–H and O–H groups in total. The number of ether oxygens (including phenoxy) is 1. The third-order valence-electron chi connectivity index (χ3n) is 6.83. The van der Waals surface area contributed by atoms with Crippen molar-refractivity contribution in [1.82, 2.24) is 9.97 Å². The molecule has 5 rings (SSSR count). The van der Waals surface area contributed by atoms with Gasteiger partial charge < -0.3 is 14.7 Å². The van der Waals surface area contributed by atoms with Crippen molar-refractivity contribution >= 4 is 22.7 Å². The number of aromatic nitrogens is 2. The summed E-state index contributed by atoms with van der Waals surface area (Å²) in [6.07, 6.45) is 3.32. The monoisotopic (exact) mass is 449 g/mol. The molecule has 6 nitrogen and oxygen atoms in total. The quantitative estimate of drug-likeness (QED) is 0.547. The lowest BCUT2D eigenvalue weighted by Crippen LogP contribution is -2.34. The number of carbonyl (C=O) groups is 1. The molecule has 1 saturated heterocycles. The van der Waals surface area contributed by atoms with Gasteiger partial charge in [0.2, 0.25) is 0 Å². The normalized spacial score (nSPS) is 17.8. The van der Waals surface area contributed by atoms with E-state index >= 15 is 0 Å². The summed E-state index contributed by atoms with van der Waals surface area (Å²) in [5.41, 5.74) is 1.45. The number of piperidine rings is 1. The van der Waals surface area contributed by atoms with Crippen LogP contribution in [-0.2, 0) is 16.9 Å². The van der Waals surface area contributed by atoms with Gasteiger partial charge >= 0.3 is 5.97 Å². The van der Waals surface area contributed by atoms with E-state index in [4.69, 9.17) is 14.8 Å². The second-order valence-electron chi connectivity index (χ2n) is 9.08. The van der Waals surface area contributed by atoms with Gasteiger partial charge in [0.1, 0.15) is 11.6 Å². The number of hydrogen-bond donors (Lipinski definition) is 1. The zero-order chi connectivity index (χ0) is 23.0. The molecule has 0 spiro atoms. The number of nitrogens with zero attached hydrogens (tertiary/aromatic N) is 3. The molecule has 172 valence electrons. The van der Waals surface area contributed by atoms with Crippen LogP contribution >= 0.6 is 0 Å². The van der Waals surface area contributed by atoms with Crippen LogP contribution in [0, 0.1) is 0 Å². The lowest BCUT2D eigenvalue weighted by molar-refractivity contribution is -0.136.